The molecule has 0 fully saturated rings. The third kappa shape index (κ3) is 7.30. The van der Waals surface area contributed by atoms with Crippen LogP contribution in [0.5, 0.6) is 0 Å². The van der Waals surface area contributed by atoms with Crippen LogP contribution >= 0.6 is 0 Å². The molecule has 0 aliphatic carbocycles. The topological polar surface area (TPSA) is 13.1 Å². The lowest BCUT2D eigenvalue weighted by molar-refractivity contribution is 0.675. The van der Waals surface area contributed by atoms with E-state index in [9.17, 15) is 0 Å². The second kappa shape index (κ2) is 19.4. The maximum Gasteiger partial charge on any atom is 0.145 e. The van der Waals surface area contributed by atoms with Crippen LogP contribution < -0.4 is 164 Å². The number of fused-ring (bicyclic) bond motifs is 8. The van der Waals surface area contributed by atoms with Gasteiger partial charge in [0.2, 0.25) is 0 Å². The molecule has 0 saturated heterocycles. The predicted octanol–water partition coefficient (Wildman–Crippen LogP) is -37.9. The molecule has 0 aliphatic rings. The van der Waals surface area contributed by atoms with Crippen LogP contribution in [0.2, 0.25) is 0 Å². The Morgan fingerprint density at radius 2 is 0.309 bits per heavy atom. The van der Waals surface area contributed by atoms with Gasteiger partial charge in [-0.3, -0.25) is 0 Å². The summed E-state index contributed by atoms with van der Waals surface area (Å²) in [5.74, 6) is 0. The number of furan rings is 1. The quantitative estimate of drug-likeness (QED) is 0.127. The van der Waals surface area contributed by atoms with Crippen molar-refractivity contribution < 1.29 is 4.42 Å². The Labute approximate surface area is 509 Å². The zero-order chi connectivity index (χ0) is 59.6. The zero-order valence-corrected chi connectivity index (χ0v) is 55.4. The van der Waals surface area contributed by atoms with Crippen LogP contribution in [-0.4, -0.2) is 235 Å². The molecule has 356 valence electrons. The largest absolute Gasteiger partial charge is 0.457 e. The van der Waals surface area contributed by atoms with E-state index in [2.05, 4.69) is 235 Å². The van der Waals surface area contributed by atoms with Gasteiger partial charge in [0.15, 0.2) is 0 Å². The minimum atomic E-state index is 1.02. The van der Waals surface area contributed by atoms with Crippen LogP contribution in [0.1, 0.15) is 0 Å². The van der Waals surface area contributed by atoms with Crippen LogP contribution in [0.15, 0.2) is 4.42 Å². The summed E-state index contributed by atoms with van der Waals surface area (Å²) in [6.45, 7) is 0. The van der Waals surface area contributed by atoms with Gasteiger partial charge in [0.1, 0.15) is 247 Å². The van der Waals surface area contributed by atoms with Crippen molar-refractivity contribution in [2.24, 2.45) is 0 Å². The molecule has 0 unspecified atom stereocenters. The standard InChI is InChI=1S/C50H60B30O/c51-19-13-9(21(53)30(62)14(19)11-12-18-20(52)16-17(35(67)46(78)45(77)34(16)66)36(68)50(18)81-49(12)48(80)47(79)29(11)61)7(22(54)37(69)31(13)63)1-3-5(26(58)41(73)39(71)24(3)56)2(6-4(1)25(57)40(72)42(74)27(6)59)8-10-15(32(64)38(70)23(8)55)33(65)44(76)43(75)28(10)60/h51-80H2. The average molecular weight is 1000 g/mol. The summed E-state index contributed by atoms with van der Waals surface area (Å²) in [6, 6.07) is 0. The molecule has 0 atom stereocenters. The predicted molar refractivity (Wildman–Crippen MR) is 463 cm³/mol. The van der Waals surface area contributed by atoms with Gasteiger partial charge in [-0.2, -0.15) is 0 Å². The second-order valence-corrected chi connectivity index (χ2v) is 26.3. The summed E-state index contributed by atoms with van der Waals surface area (Å²) in [7, 11) is 71.5. The van der Waals surface area contributed by atoms with Gasteiger partial charge in [0, 0.05) is 10.8 Å². The van der Waals surface area contributed by atoms with Crippen LogP contribution in [0, 0.1) is 0 Å². The maximum absolute atomic E-state index is 7.37. The Kier molecular flexibility index (Phi) is 13.9. The van der Waals surface area contributed by atoms with Crippen LogP contribution in [0.25, 0.3) is 109 Å². The number of hydrogen-bond acceptors (Lipinski definition) is 1. The number of hydrogen-bond donors (Lipinski definition) is 0. The highest BCUT2D eigenvalue weighted by molar-refractivity contribution is 6.78. The van der Waals surface area contributed by atoms with E-state index in [0.717, 1.165) is 11.2 Å². The van der Waals surface area contributed by atoms with Gasteiger partial charge in [0.25, 0.3) is 0 Å². The lowest BCUT2D eigenvalue weighted by Crippen LogP contribution is -2.53. The summed E-state index contributed by atoms with van der Waals surface area (Å²) < 4.78 is 7.37. The molecule has 0 radical (unpaired) electrons. The van der Waals surface area contributed by atoms with Gasteiger partial charge in [-0.1, -0.05) is 104 Å². The first-order valence-electron chi connectivity index (χ1n) is 30.2. The summed E-state index contributed by atoms with van der Waals surface area (Å²) in [6.07, 6.45) is 0. The fourth-order valence-corrected chi connectivity index (χ4v) is 16.5. The average Bonchev–Trinajstić information content (AvgIpc) is 4.09. The highest BCUT2D eigenvalue weighted by atomic mass is 16.3. The molecular formula is C50H60B30O. The van der Waals surface area contributed by atoms with Crippen molar-refractivity contribution in [1.82, 2.24) is 0 Å². The molecule has 11 rings (SSSR count). The summed E-state index contributed by atoms with van der Waals surface area (Å²) in [5.41, 5.74) is 51.4. The third-order valence-corrected chi connectivity index (χ3v) is 23.5. The second-order valence-electron chi connectivity index (χ2n) is 26.3. The Morgan fingerprint density at radius 3 is 0.642 bits per heavy atom. The van der Waals surface area contributed by atoms with Gasteiger partial charge >= 0.3 is 0 Å². The molecule has 1 aromatic heterocycles. The first kappa shape index (κ1) is 58.0. The molecule has 81 heavy (non-hydrogen) atoms. The summed E-state index contributed by atoms with van der Waals surface area (Å²) in [5, 5.41) is 16.5. The lowest BCUT2D eigenvalue weighted by Gasteiger charge is -2.33. The van der Waals surface area contributed by atoms with Gasteiger partial charge in [-0.15, -0.1) is 54.6 Å². The Balaban J connectivity index is 1.41. The monoisotopic (exact) mass is 1010 g/mol. The molecule has 0 spiro atoms. The van der Waals surface area contributed by atoms with Crippen LogP contribution in [0.4, 0.5) is 0 Å². The van der Waals surface area contributed by atoms with E-state index in [0.29, 0.717) is 0 Å². The zero-order valence-electron chi connectivity index (χ0n) is 55.4. The molecule has 0 amide bonds. The molecule has 31 heteroatoms. The molecule has 1 nitrogen and oxygen atoms in total. The summed E-state index contributed by atoms with van der Waals surface area (Å²) in [4.78, 5) is 0. The molecule has 0 bridgehead atoms. The first-order chi connectivity index (χ1) is 37.8. The third-order valence-electron chi connectivity index (χ3n) is 23.5. The van der Waals surface area contributed by atoms with E-state index in [1.165, 1.54) is 262 Å². The van der Waals surface area contributed by atoms with E-state index >= 15 is 0 Å². The van der Waals surface area contributed by atoms with Crippen molar-refractivity contribution in [1.29, 1.82) is 0 Å². The molecule has 0 saturated carbocycles. The Bertz CT molecular complexity index is 4840. The van der Waals surface area contributed by atoms with Crippen molar-refractivity contribution in [3.8, 4) is 33.4 Å². The van der Waals surface area contributed by atoms with Crippen LogP contribution in [-0.2, 0) is 0 Å². The van der Waals surface area contributed by atoms with Crippen molar-refractivity contribution in [3.63, 3.8) is 0 Å². The Hall–Kier alpha value is -4.75. The minimum Gasteiger partial charge on any atom is -0.457 e. The van der Waals surface area contributed by atoms with Gasteiger partial charge in [-0.05, 0) is 92.7 Å². The molecule has 10 aromatic carbocycles. The summed E-state index contributed by atoms with van der Waals surface area (Å²) >= 11 is 0. The van der Waals surface area contributed by atoms with Crippen molar-refractivity contribution in [2.45, 2.75) is 0 Å². The smallest absolute Gasteiger partial charge is 0.145 e. The van der Waals surface area contributed by atoms with E-state index in [4.69, 9.17) is 4.42 Å². The molecule has 0 N–H and O–H groups in total. The highest BCUT2D eigenvalue weighted by Crippen LogP contribution is 2.43. The minimum absolute atomic E-state index is 1.02. The molecule has 0 aliphatic heterocycles. The van der Waals surface area contributed by atoms with Crippen molar-refractivity contribution >= 4 is 475 Å². The Morgan fingerprint density at radius 1 is 0.111 bits per heavy atom. The maximum atomic E-state index is 7.37. The molecule has 1 heterocycles. The SMILES string of the molecule is Bc1c(B)c(-c2c(B)c(B)c3c(-c4c5c(B)c(B)c(B)c(B)c5c(-c5c(B)c(B)c(B)c6c(B)c(B)c(B)c(B)c56)c5c(B)c(B)c(B)c(B)c45)c(B)c(B)c(B)c3c2B)c2c(oc3c(B)c4c(B)c(B)c(B)c(B)c4c(B)c32)c1B. The van der Waals surface area contributed by atoms with Gasteiger partial charge in [-0.25, -0.2) is 0 Å². The van der Waals surface area contributed by atoms with E-state index in [1.54, 1.807) is 0 Å². The van der Waals surface area contributed by atoms with E-state index in [1.807, 2.05) is 0 Å². The van der Waals surface area contributed by atoms with Crippen LogP contribution in [0.3, 0.4) is 0 Å². The molecule has 11 aromatic rings. The van der Waals surface area contributed by atoms with E-state index in [-0.39, 0.29) is 0 Å². The normalized spacial score (nSPS) is 12.0. The first-order valence-corrected chi connectivity index (χ1v) is 30.2. The highest BCUT2D eigenvalue weighted by Gasteiger charge is 2.33. The van der Waals surface area contributed by atoms with Gasteiger partial charge in [0.05, 0.1) is 0 Å². The number of rotatable bonds is 3. The van der Waals surface area contributed by atoms with Crippen molar-refractivity contribution in [2.75, 3.05) is 0 Å². The fourth-order valence-electron chi connectivity index (χ4n) is 16.5. The van der Waals surface area contributed by atoms with Crippen molar-refractivity contribution in [3.05, 3.63) is 0 Å². The fraction of sp³-hybridized carbons (Fsp3) is 0. The van der Waals surface area contributed by atoms with E-state index < -0.39 is 0 Å². The van der Waals surface area contributed by atoms with Gasteiger partial charge < -0.3 is 4.42 Å². The lowest BCUT2D eigenvalue weighted by atomic mass is 9.55. The molecular weight excluding hydrogens is 941 g/mol. The number of benzene rings is 10.